The summed E-state index contributed by atoms with van der Waals surface area (Å²) in [5, 5.41) is 19.3. The number of nitrogens with one attached hydrogen (secondary N) is 2. The van der Waals surface area contributed by atoms with E-state index < -0.39 is 0 Å². The first-order valence-electron chi connectivity index (χ1n) is 6.88. The van der Waals surface area contributed by atoms with E-state index in [2.05, 4.69) is 15.7 Å². The third-order valence-corrected chi connectivity index (χ3v) is 3.43. The molecule has 3 N–H and O–H groups in total. The molecule has 0 saturated carbocycles. The maximum absolute atomic E-state index is 11.9. The molecule has 20 heavy (non-hydrogen) atoms. The number of aliphatic hydroxyl groups excluding tert-OH is 1. The molecule has 1 amide bonds. The van der Waals surface area contributed by atoms with Crippen LogP contribution in [0.25, 0.3) is 0 Å². The number of hydrogen-bond donors (Lipinski definition) is 3. The molecule has 2 heterocycles. The van der Waals surface area contributed by atoms with Crippen LogP contribution in [-0.2, 0) is 0 Å². The van der Waals surface area contributed by atoms with Crippen molar-refractivity contribution in [1.82, 2.24) is 20.4 Å². The largest absolute Gasteiger partial charge is 0.396 e. The lowest BCUT2D eigenvalue weighted by Crippen LogP contribution is -2.34. The molecule has 0 aromatic carbocycles. The molecule has 1 aromatic heterocycles. The smallest absolute Gasteiger partial charge is 0.271 e. The molecule has 2 atom stereocenters. The van der Waals surface area contributed by atoms with Gasteiger partial charge in [-0.25, -0.2) is 0 Å². The quantitative estimate of drug-likeness (QED) is 0.749. The summed E-state index contributed by atoms with van der Waals surface area (Å²) >= 11 is 0. The van der Waals surface area contributed by atoms with Crippen molar-refractivity contribution in [2.24, 2.45) is 0 Å². The van der Waals surface area contributed by atoms with Gasteiger partial charge in [0.25, 0.3) is 5.91 Å². The zero-order chi connectivity index (χ0) is 13.7. The summed E-state index contributed by atoms with van der Waals surface area (Å²) in [4.78, 5) is 11.9. The summed E-state index contributed by atoms with van der Waals surface area (Å²) < 4.78 is 1.87. The second-order valence-electron chi connectivity index (χ2n) is 5.07. The third-order valence-electron chi connectivity index (χ3n) is 3.43. The van der Waals surface area contributed by atoms with E-state index in [4.69, 9.17) is 5.11 Å². The first kappa shape index (κ1) is 16.9. The van der Waals surface area contributed by atoms with Gasteiger partial charge in [-0.15, -0.1) is 12.4 Å². The lowest BCUT2D eigenvalue weighted by atomic mass is 10.1. The molecular weight excluding hydrogens is 280 g/mol. The first-order valence-corrected chi connectivity index (χ1v) is 6.88. The molecule has 1 aliphatic heterocycles. The number of aromatic nitrogens is 2. The first-order chi connectivity index (χ1) is 9.20. The molecule has 0 bridgehead atoms. The van der Waals surface area contributed by atoms with Crippen LogP contribution in [0.5, 0.6) is 0 Å². The number of rotatable bonds is 5. The Labute approximate surface area is 125 Å². The molecule has 114 valence electrons. The van der Waals surface area contributed by atoms with E-state index in [1.807, 2.05) is 17.8 Å². The number of amides is 1. The number of nitrogens with zero attached hydrogens (tertiary/aromatic N) is 2. The van der Waals surface area contributed by atoms with Crippen molar-refractivity contribution in [2.45, 2.75) is 38.3 Å². The molecule has 0 aliphatic carbocycles. The normalized spacial score (nSPS) is 20.0. The number of carbonyl (C=O) groups excluding carboxylic acids is 1. The van der Waals surface area contributed by atoms with Gasteiger partial charge < -0.3 is 15.7 Å². The zero-order valence-electron chi connectivity index (χ0n) is 11.7. The second-order valence-corrected chi connectivity index (χ2v) is 5.07. The van der Waals surface area contributed by atoms with E-state index in [0.717, 1.165) is 25.9 Å². The molecule has 1 aliphatic rings. The van der Waals surface area contributed by atoms with Crippen molar-refractivity contribution in [3.63, 3.8) is 0 Å². The van der Waals surface area contributed by atoms with E-state index in [0.29, 0.717) is 18.2 Å². The molecule has 0 spiro atoms. The van der Waals surface area contributed by atoms with Gasteiger partial charge in [-0.3, -0.25) is 9.48 Å². The minimum Gasteiger partial charge on any atom is -0.396 e. The second kappa shape index (κ2) is 8.24. The predicted octanol–water partition coefficient (Wildman–Crippen LogP) is 0.730. The summed E-state index contributed by atoms with van der Waals surface area (Å²) in [6, 6.07) is 2.04. The van der Waals surface area contributed by atoms with Crippen molar-refractivity contribution < 1.29 is 9.90 Å². The van der Waals surface area contributed by atoms with Gasteiger partial charge >= 0.3 is 0 Å². The molecule has 7 heteroatoms. The van der Waals surface area contributed by atoms with Crippen LogP contribution >= 0.6 is 12.4 Å². The number of aliphatic hydroxyl groups is 1. The van der Waals surface area contributed by atoms with E-state index in [9.17, 15) is 4.79 Å². The van der Waals surface area contributed by atoms with Crippen molar-refractivity contribution >= 4 is 18.3 Å². The molecule has 6 nitrogen and oxygen atoms in total. The van der Waals surface area contributed by atoms with Crippen molar-refractivity contribution in [1.29, 1.82) is 0 Å². The minimum absolute atomic E-state index is 0. The van der Waals surface area contributed by atoms with Crippen LogP contribution in [-0.4, -0.2) is 46.5 Å². The summed E-state index contributed by atoms with van der Waals surface area (Å²) in [5.41, 5.74) is 0.440. The Balaban J connectivity index is 0.00000200. The number of halogens is 1. The highest BCUT2D eigenvalue weighted by Gasteiger charge is 2.18. The van der Waals surface area contributed by atoms with E-state index in [-0.39, 0.29) is 31.0 Å². The van der Waals surface area contributed by atoms with Crippen LogP contribution in [0.15, 0.2) is 12.3 Å². The minimum atomic E-state index is -0.177. The molecule has 2 unspecified atom stereocenters. The number of hydrogen-bond acceptors (Lipinski definition) is 4. The average Bonchev–Trinajstić information content (AvgIpc) is 2.89. The van der Waals surface area contributed by atoms with E-state index in [1.54, 1.807) is 6.07 Å². The zero-order valence-corrected chi connectivity index (χ0v) is 12.5. The third kappa shape index (κ3) is 4.47. The van der Waals surface area contributed by atoms with Gasteiger partial charge in [0.1, 0.15) is 5.69 Å². The van der Waals surface area contributed by atoms with Crippen LogP contribution < -0.4 is 10.6 Å². The molecular formula is C13H23ClN4O2. The Morgan fingerprint density at radius 1 is 1.70 bits per heavy atom. The van der Waals surface area contributed by atoms with Gasteiger partial charge in [0, 0.05) is 25.4 Å². The Bertz CT molecular complexity index is 418. The highest BCUT2D eigenvalue weighted by atomic mass is 35.5. The fourth-order valence-electron chi connectivity index (χ4n) is 2.29. The molecule has 2 rings (SSSR count). The van der Waals surface area contributed by atoms with Crippen LogP contribution in [0.2, 0.25) is 0 Å². The fourth-order valence-corrected chi connectivity index (χ4v) is 2.29. The topological polar surface area (TPSA) is 79.2 Å². The Morgan fingerprint density at radius 2 is 2.50 bits per heavy atom. The highest BCUT2D eigenvalue weighted by molar-refractivity contribution is 5.92. The van der Waals surface area contributed by atoms with Gasteiger partial charge in [0.15, 0.2) is 0 Å². The van der Waals surface area contributed by atoms with Crippen LogP contribution in [0.1, 0.15) is 42.7 Å². The van der Waals surface area contributed by atoms with Crippen LogP contribution in [0.4, 0.5) is 0 Å². The van der Waals surface area contributed by atoms with Gasteiger partial charge in [0.2, 0.25) is 0 Å². The lowest BCUT2D eigenvalue weighted by molar-refractivity contribution is 0.0928. The summed E-state index contributed by atoms with van der Waals surface area (Å²) in [6.07, 6.45) is 4.65. The molecule has 1 fully saturated rings. The standard InChI is InChI=1S/C13H22N4O2.ClH/c1-10(5-8-18)15-13(19)12-4-7-17(16-12)11-3-2-6-14-9-11;/h4,7,10-11,14,18H,2-3,5-6,8-9H2,1H3,(H,15,19);1H. The monoisotopic (exact) mass is 302 g/mol. The molecule has 1 aromatic rings. The Hall–Kier alpha value is -1.11. The maximum Gasteiger partial charge on any atom is 0.271 e. The maximum atomic E-state index is 11.9. The summed E-state index contributed by atoms with van der Waals surface area (Å²) in [6.45, 7) is 3.91. The van der Waals surface area contributed by atoms with E-state index in [1.165, 1.54) is 0 Å². The van der Waals surface area contributed by atoms with Gasteiger partial charge in [0.05, 0.1) is 6.04 Å². The van der Waals surface area contributed by atoms with Gasteiger partial charge in [-0.05, 0) is 38.8 Å². The van der Waals surface area contributed by atoms with Crippen molar-refractivity contribution in [3.05, 3.63) is 18.0 Å². The SMILES string of the molecule is CC(CCO)NC(=O)c1ccn(C2CCCNC2)n1.Cl. The van der Waals surface area contributed by atoms with Gasteiger partial charge in [-0.2, -0.15) is 5.10 Å². The van der Waals surface area contributed by atoms with Gasteiger partial charge in [-0.1, -0.05) is 0 Å². The summed E-state index contributed by atoms with van der Waals surface area (Å²) in [5.74, 6) is -0.177. The highest BCUT2D eigenvalue weighted by Crippen LogP contribution is 2.15. The number of carbonyl (C=O) groups is 1. The predicted molar refractivity (Wildman–Crippen MR) is 79.2 cm³/mol. The summed E-state index contributed by atoms with van der Waals surface area (Å²) in [7, 11) is 0. The fraction of sp³-hybridized carbons (Fsp3) is 0.692. The van der Waals surface area contributed by atoms with Crippen molar-refractivity contribution in [3.8, 4) is 0 Å². The Kier molecular flexibility index (Phi) is 6.98. The average molecular weight is 303 g/mol. The molecule has 0 radical (unpaired) electrons. The van der Waals surface area contributed by atoms with Crippen molar-refractivity contribution in [2.75, 3.05) is 19.7 Å². The Morgan fingerprint density at radius 3 is 3.15 bits per heavy atom. The molecule has 1 saturated heterocycles. The van der Waals surface area contributed by atoms with Crippen LogP contribution in [0.3, 0.4) is 0 Å². The lowest BCUT2D eigenvalue weighted by Gasteiger charge is -2.22. The number of piperidine rings is 1. The van der Waals surface area contributed by atoms with E-state index >= 15 is 0 Å². The van der Waals surface area contributed by atoms with Crippen LogP contribution in [0, 0.1) is 0 Å².